The normalized spacial score (nSPS) is 14.6. The number of thioether (sulfide) groups is 1. The highest BCUT2D eigenvalue weighted by molar-refractivity contribution is 8.01. The molecule has 1 aliphatic rings. The second kappa shape index (κ2) is 9.66. The van der Waals surface area contributed by atoms with E-state index in [9.17, 15) is 13.2 Å². The van der Waals surface area contributed by atoms with Crippen LogP contribution in [0.1, 0.15) is 12.8 Å². The molecule has 0 saturated carbocycles. The van der Waals surface area contributed by atoms with E-state index in [2.05, 4.69) is 15.5 Å². The van der Waals surface area contributed by atoms with Gasteiger partial charge in [0.2, 0.25) is 15.9 Å². The Morgan fingerprint density at radius 3 is 2.42 bits per heavy atom. The maximum Gasteiger partial charge on any atom is 0.243 e. The number of halogens is 1. The van der Waals surface area contributed by atoms with Crippen LogP contribution >= 0.6 is 34.7 Å². The summed E-state index contributed by atoms with van der Waals surface area (Å²) in [7, 11) is -3.43. The van der Waals surface area contributed by atoms with Crippen LogP contribution in [0.15, 0.2) is 57.8 Å². The first-order valence-corrected chi connectivity index (χ1v) is 13.2. The zero-order valence-electron chi connectivity index (χ0n) is 16.3. The first-order chi connectivity index (χ1) is 14.9. The van der Waals surface area contributed by atoms with Gasteiger partial charge in [-0.2, -0.15) is 4.31 Å². The predicted molar refractivity (Wildman–Crippen MR) is 124 cm³/mol. The molecule has 1 aromatic heterocycles. The summed E-state index contributed by atoms with van der Waals surface area (Å²) in [6, 6.07) is 13.6. The second-order valence-corrected chi connectivity index (χ2v) is 11.4. The Labute approximate surface area is 193 Å². The van der Waals surface area contributed by atoms with E-state index in [0.29, 0.717) is 33.1 Å². The van der Waals surface area contributed by atoms with Gasteiger partial charge in [-0.15, -0.1) is 10.2 Å². The number of nitrogens with one attached hydrogen (secondary N) is 1. The van der Waals surface area contributed by atoms with Gasteiger partial charge in [0.1, 0.15) is 5.01 Å². The molecule has 3 aromatic rings. The minimum atomic E-state index is -3.43. The summed E-state index contributed by atoms with van der Waals surface area (Å²) < 4.78 is 27.5. The van der Waals surface area contributed by atoms with E-state index in [1.54, 1.807) is 48.5 Å². The van der Waals surface area contributed by atoms with Crippen molar-refractivity contribution in [3.8, 4) is 10.6 Å². The number of amides is 1. The number of carbonyl (C=O) groups is 1. The first kappa shape index (κ1) is 22.2. The maximum absolute atomic E-state index is 12.6. The van der Waals surface area contributed by atoms with Gasteiger partial charge < -0.3 is 5.32 Å². The molecule has 0 bridgehead atoms. The van der Waals surface area contributed by atoms with Crippen LogP contribution in [0, 0.1) is 0 Å². The van der Waals surface area contributed by atoms with Crippen molar-refractivity contribution in [1.29, 1.82) is 0 Å². The number of anilines is 1. The monoisotopic (exact) mass is 494 g/mol. The van der Waals surface area contributed by atoms with E-state index in [-0.39, 0.29) is 16.6 Å². The summed E-state index contributed by atoms with van der Waals surface area (Å²) in [6.45, 7) is 1.15. The lowest BCUT2D eigenvalue weighted by Gasteiger charge is -2.15. The van der Waals surface area contributed by atoms with Gasteiger partial charge in [-0.25, -0.2) is 8.42 Å². The average Bonchev–Trinajstić information content (AvgIpc) is 3.47. The van der Waals surface area contributed by atoms with Crippen LogP contribution in [-0.2, 0) is 14.8 Å². The summed E-state index contributed by atoms with van der Waals surface area (Å²) in [6.07, 6.45) is 1.81. The molecule has 1 N–H and O–H groups in total. The molecule has 2 aromatic carbocycles. The molecule has 7 nitrogen and oxygen atoms in total. The van der Waals surface area contributed by atoms with Gasteiger partial charge in [0.25, 0.3) is 0 Å². The molecule has 1 fully saturated rings. The van der Waals surface area contributed by atoms with Gasteiger partial charge in [0.05, 0.1) is 10.6 Å². The summed E-state index contributed by atoms with van der Waals surface area (Å²) in [4.78, 5) is 12.4. The molecule has 0 atom stereocenters. The zero-order chi connectivity index (χ0) is 21.8. The van der Waals surface area contributed by atoms with Crippen molar-refractivity contribution in [2.75, 3.05) is 24.2 Å². The third kappa shape index (κ3) is 5.45. The number of aromatic nitrogens is 2. The van der Waals surface area contributed by atoms with Gasteiger partial charge in [0.15, 0.2) is 4.34 Å². The molecule has 162 valence electrons. The maximum atomic E-state index is 12.6. The Kier molecular flexibility index (Phi) is 6.92. The summed E-state index contributed by atoms with van der Waals surface area (Å²) in [5.41, 5.74) is 1.47. The molecular weight excluding hydrogens is 476 g/mol. The number of hydrogen-bond donors (Lipinski definition) is 1. The smallest absolute Gasteiger partial charge is 0.243 e. The summed E-state index contributed by atoms with van der Waals surface area (Å²) in [5.74, 6) is 0.0464. The van der Waals surface area contributed by atoms with E-state index in [4.69, 9.17) is 11.6 Å². The number of rotatable bonds is 7. The highest BCUT2D eigenvalue weighted by Crippen LogP contribution is 2.30. The number of carbonyl (C=O) groups excluding carboxylic acids is 1. The first-order valence-electron chi connectivity index (χ1n) is 9.54. The number of nitrogens with zero attached hydrogens (tertiary/aromatic N) is 3. The Bertz CT molecular complexity index is 1160. The van der Waals surface area contributed by atoms with Crippen molar-refractivity contribution in [1.82, 2.24) is 14.5 Å². The topological polar surface area (TPSA) is 92.3 Å². The lowest BCUT2D eigenvalue weighted by Crippen LogP contribution is -2.27. The summed E-state index contributed by atoms with van der Waals surface area (Å²) >= 11 is 8.49. The molecule has 0 spiro atoms. The number of hydrogen-bond acceptors (Lipinski definition) is 7. The molecular formula is C20H19ClN4O3S3. The molecule has 4 rings (SSSR count). The van der Waals surface area contributed by atoms with Gasteiger partial charge in [0, 0.05) is 29.4 Å². The van der Waals surface area contributed by atoms with Crippen molar-refractivity contribution >= 4 is 56.3 Å². The quantitative estimate of drug-likeness (QED) is 0.490. The highest BCUT2D eigenvalue weighted by Gasteiger charge is 2.27. The fraction of sp³-hybridized carbons (Fsp3) is 0.250. The van der Waals surface area contributed by atoms with E-state index < -0.39 is 10.0 Å². The van der Waals surface area contributed by atoms with E-state index >= 15 is 0 Å². The third-order valence-corrected chi connectivity index (χ3v) is 8.94. The van der Waals surface area contributed by atoms with Gasteiger partial charge >= 0.3 is 0 Å². The van der Waals surface area contributed by atoms with Gasteiger partial charge in [-0.1, -0.05) is 46.8 Å². The second-order valence-electron chi connectivity index (χ2n) is 6.85. The predicted octanol–water partition coefficient (Wildman–Crippen LogP) is 4.37. The SMILES string of the molecule is O=C(CSc1nnc(-c2ccc(S(=O)(=O)N3CCCC3)cc2)s1)Nc1ccc(Cl)cc1. The molecule has 1 saturated heterocycles. The van der Waals surface area contributed by atoms with Crippen LogP contribution in [0.2, 0.25) is 5.02 Å². The summed E-state index contributed by atoms with van der Waals surface area (Å²) in [5, 5.41) is 12.4. The molecule has 1 amide bonds. The Balaban J connectivity index is 1.36. The zero-order valence-corrected chi connectivity index (χ0v) is 19.5. The fourth-order valence-corrected chi connectivity index (χ4v) is 6.39. The molecule has 31 heavy (non-hydrogen) atoms. The molecule has 0 radical (unpaired) electrons. The van der Waals surface area contributed by atoms with Gasteiger partial charge in [-0.3, -0.25) is 4.79 Å². The number of benzene rings is 2. The number of sulfonamides is 1. The third-order valence-electron chi connectivity index (χ3n) is 4.67. The van der Waals surface area contributed by atoms with Crippen molar-refractivity contribution in [3.05, 3.63) is 53.6 Å². The van der Waals surface area contributed by atoms with Gasteiger partial charge in [-0.05, 0) is 49.2 Å². The molecule has 2 heterocycles. The Morgan fingerprint density at radius 2 is 1.74 bits per heavy atom. The van der Waals surface area contributed by atoms with Crippen LogP contribution in [0.5, 0.6) is 0 Å². The van der Waals surface area contributed by atoms with E-state index in [0.717, 1.165) is 18.4 Å². The Morgan fingerprint density at radius 1 is 1.06 bits per heavy atom. The van der Waals surface area contributed by atoms with Crippen molar-refractivity contribution in [2.45, 2.75) is 22.1 Å². The van der Waals surface area contributed by atoms with Crippen LogP contribution in [0.4, 0.5) is 5.69 Å². The van der Waals surface area contributed by atoms with Crippen LogP contribution in [0.25, 0.3) is 10.6 Å². The van der Waals surface area contributed by atoms with E-state index in [1.807, 2.05) is 0 Å². The molecule has 1 aliphatic heterocycles. The van der Waals surface area contributed by atoms with Crippen molar-refractivity contribution in [3.63, 3.8) is 0 Å². The Hall–Kier alpha value is -1.98. The van der Waals surface area contributed by atoms with Crippen molar-refractivity contribution in [2.24, 2.45) is 0 Å². The average molecular weight is 495 g/mol. The lowest BCUT2D eigenvalue weighted by molar-refractivity contribution is -0.113. The fourth-order valence-electron chi connectivity index (χ4n) is 3.09. The van der Waals surface area contributed by atoms with Crippen molar-refractivity contribution < 1.29 is 13.2 Å². The van der Waals surface area contributed by atoms with E-state index in [1.165, 1.54) is 27.4 Å². The molecule has 11 heteroatoms. The van der Waals surface area contributed by atoms with Crippen LogP contribution in [0.3, 0.4) is 0 Å². The molecule has 0 aliphatic carbocycles. The van der Waals surface area contributed by atoms with Crippen LogP contribution in [-0.4, -0.2) is 47.7 Å². The largest absolute Gasteiger partial charge is 0.325 e. The minimum absolute atomic E-state index is 0.152. The lowest BCUT2D eigenvalue weighted by atomic mass is 10.2. The highest BCUT2D eigenvalue weighted by atomic mass is 35.5. The minimum Gasteiger partial charge on any atom is -0.325 e. The van der Waals surface area contributed by atoms with Crippen LogP contribution < -0.4 is 5.32 Å². The molecule has 0 unspecified atom stereocenters. The standard InChI is InChI=1S/C20H19ClN4O3S3/c21-15-5-7-16(8-6-15)22-18(26)13-29-20-24-23-19(30-20)14-3-9-17(10-4-14)31(27,28)25-11-1-2-12-25/h3-10H,1-2,11-13H2,(H,22,26).